The van der Waals surface area contributed by atoms with E-state index in [2.05, 4.69) is 0 Å². The monoisotopic (exact) mass is 396 g/mol. The van der Waals surface area contributed by atoms with Gasteiger partial charge in [0.25, 0.3) is 0 Å². The van der Waals surface area contributed by atoms with Crippen LogP contribution in [-0.4, -0.2) is 36.2 Å². The van der Waals surface area contributed by atoms with Gasteiger partial charge in [0.15, 0.2) is 0 Å². The topological polar surface area (TPSA) is 115 Å². The standard InChI is InChI=1S/C19H22ClNO5.H3N/c1-5-16(22)21(19(17(23)24)8-10-25-11-9-19)13-6-7-15(14(20)12-13)26-18(2,3)4;/h1,6-7,12H,8-11H2,2-4H3,(H,23,24);1H3. The molecule has 0 aromatic heterocycles. The first-order chi connectivity index (χ1) is 12.1. The van der Waals surface area contributed by atoms with Gasteiger partial charge in [-0.2, -0.15) is 0 Å². The lowest BCUT2D eigenvalue weighted by Crippen LogP contribution is -2.64. The van der Waals surface area contributed by atoms with Gasteiger partial charge in [-0.15, -0.1) is 6.42 Å². The molecule has 1 aromatic carbocycles. The van der Waals surface area contributed by atoms with Crippen molar-refractivity contribution in [2.75, 3.05) is 18.1 Å². The molecule has 0 aliphatic carbocycles. The van der Waals surface area contributed by atoms with E-state index in [1.807, 2.05) is 26.7 Å². The second-order valence-electron chi connectivity index (χ2n) is 7.05. The first-order valence-electron chi connectivity index (χ1n) is 8.19. The van der Waals surface area contributed by atoms with Crippen LogP contribution in [0.2, 0.25) is 5.02 Å². The molecule has 1 amide bonds. The van der Waals surface area contributed by atoms with Crippen molar-refractivity contribution in [3.8, 4) is 18.1 Å². The Bertz CT molecular complexity index is 745. The Morgan fingerprint density at radius 2 is 1.93 bits per heavy atom. The van der Waals surface area contributed by atoms with Crippen molar-refractivity contribution in [2.24, 2.45) is 0 Å². The van der Waals surface area contributed by atoms with Gasteiger partial charge in [0.2, 0.25) is 0 Å². The van der Waals surface area contributed by atoms with Crippen molar-refractivity contribution < 1.29 is 24.2 Å². The van der Waals surface area contributed by atoms with E-state index in [9.17, 15) is 14.7 Å². The number of carboxylic acids is 1. The largest absolute Gasteiger partial charge is 0.548 e. The van der Waals surface area contributed by atoms with Crippen LogP contribution in [0.5, 0.6) is 5.75 Å². The summed E-state index contributed by atoms with van der Waals surface area (Å²) in [6.07, 6.45) is 5.42. The van der Waals surface area contributed by atoms with Gasteiger partial charge in [0.1, 0.15) is 11.4 Å². The number of hydrogen-bond acceptors (Lipinski definition) is 5. The molecule has 0 radical (unpaired) electrons. The van der Waals surface area contributed by atoms with E-state index in [-0.39, 0.29) is 42.9 Å². The van der Waals surface area contributed by atoms with Crippen molar-refractivity contribution in [3.63, 3.8) is 0 Å². The molecule has 1 saturated heterocycles. The van der Waals surface area contributed by atoms with Crippen molar-refractivity contribution >= 4 is 29.2 Å². The molecule has 4 N–H and O–H groups in total. The van der Waals surface area contributed by atoms with Gasteiger partial charge in [-0.3, -0.25) is 9.69 Å². The van der Waals surface area contributed by atoms with Crippen LogP contribution in [0.15, 0.2) is 18.2 Å². The number of aliphatic carboxylic acids is 1. The summed E-state index contributed by atoms with van der Waals surface area (Å²) in [5, 5.41) is 12.2. The Balaban J connectivity index is 0.00000364. The molecule has 27 heavy (non-hydrogen) atoms. The first kappa shape index (κ1) is 22.8. The van der Waals surface area contributed by atoms with Gasteiger partial charge >= 0.3 is 5.91 Å². The number of carbonyl (C=O) groups excluding carboxylic acids is 2. The van der Waals surface area contributed by atoms with E-state index in [4.69, 9.17) is 27.5 Å². The second-order valence-corrected chi connectivity index (χ2v) is 7.45. The average Bonchev–Trinajstić information content (AvgIpc) is 2.57. The normalized spacial score (nSPS) is 15.8. The van der Waals surface area contributed by atoms with E-state index >= 15 is 0 Å². The number of amides is 1. The molecule has 1 aliphatic rings. The van der Waals surface area contributed by atoms with E-state index in [0.717, 1.165) is 4.90 Å². The Labute approximate surface area is 164 Å². The Hall–Kier alpha value is -2.27. The molecule has 7 nitrogen and oxygen atoms in total. The zero-order chi connectivity index (χ0) is 19.5. The Kier molecular flexibility index (Phi) is 7.26. The molecule has 0 unspecified atom stereocenters. The highest BCUT2D eigenvalue weighted by atomic mass is 35.5. The van der Waals surface area contributed by atoms with E-state index in [0.29, 0.717) is 5.75 Å². The number of carbonyl (C=O) groups is 2. The molecule has 148 valence electrons. The summed E-state index contributed by atoms with van der Waals surface area (Å²) in [4.78, 5) is 25.5. The van der Waals surface area contributed by atoms with Crippen LogP contribution >= 0.6 is 11.6 Å². The zero-order valence-corrected chi connectivity index (χ0v) is 16.8. The summed E-state index contributed by atoms with van der Waals surface area (Å²) in [5.74, 6) is 0.255. The number of benzene rings is 1. The van der Waals surface area contributed by atoms with E-state index in [1.54, 1.807) is 12.1 Å². The molecule has 2 rings (SSSR count). The summed E-state index contributed by atoms with van der Waals surface area (Å²) < 4.78 is 11.0. The lowest BCUT2D eigenvalue weighted by molar-refractivity contribution is -0.315. The maximum Gasteiger partial charge on any atom is 0.303 e. The van der Waals surface area contributed by atoms with Crippen LogP contribution in [0, 0.1) is 12.3 Å². The Morgan fingerprint density at radius 1 is 1.33 bits per heavy atom. The summed E-state index contributed by atoms with van der Waals surface area (Å²) in [6, 6.07) is 4.61. The van der Waals surface area contributed by atoms with Gasteiger partial charge in [0.05, 0.1) is 16.5 Å². The Morgan fingerprint density at radius 3 is 2.37 bits per heavy atom. The van der Waals surface area contributed by atoms with Crippen LogP contribution in [-0.2, 0) is 14.3 Å². The predicted molar refractivity (Wildman–Crippen MR) is 102 cm³/mol. The van der Waals surface area contributed by atoms with Gasteiger partial charge in [0, 0.05) is 18.9 Å². The third kappa shape index (κ3) is 4.92. The lowest BCUT2D eigenvalue weighted by Gasteiger charge is -2.46. The molecule has 1 heterocycles. The minimum atomic E-state index is -1.59. The highest BCUT2D eigenvalue weighted by molar-refractivity contribution is 6.32. The van der Waals surface area contributed by atoms with Gasteiger partial charge < -0.3 is 25.5 Å². The minimum Gasteiger partial charge on any atom is -0.548 e. The van der Waals surface area contributed by atoms with E-state index in [1.165, 1.54) is 6.07 Å². The van der Waals surface area contributed by atoms with Crippen molar-refractivity contribution in [3.05, 3.63) is 23.2 Å². The van der Waals surface area contributed by atoms with Gasteiger partial charge in [-0.25, -0.2) is 0 Å². The highest BCUT2D eigenvalue weighted by Gasteiger charge is 2.43. The predicted octanol–water partition coefficient (Wildman–Crippen LogP) is 2.16. The smallest absolute Gasteiger partial charge is 0.303 e. The molecular weight excluding hydrogens is 372 g/mol. The van der Waals surface area contributed by atoms with Crippen LogP contribution in [0.1, 0.15) is 33.6 Å². The third-order valence-electron chi connectivity index (χ3n) is 4.04. The van der Waals surface area contributed by atoms with Gasteiger partial charge in [-0.05, 0) is 57.7 Å². The maximum atomic E-state index is 12.4. The number of quaternary nitrogens is 1. The molecule has 8 heteroatoms. The maximum absolute atomic E-state index is 12.4. The van der Waals surface area contributed by atoms with E-state index < -0.39 is 23.0 Å². The van der Waals surface area contributed by atoms with Gasteiger partial charge in [-0.1, -0.05) is 11.6 Å². The molecule has 1 aliphatic heterocycles. The number of anilines is 1. The summed E-state index contributed by atoms with van der Waals surface area (Å²) in [6.45, 7) is 5.98. The second kappa shape index (κ2) is 8.61. The molecular formula is C19H25ClN2O5. The highest BCUT2D eigenvalue weighted by Crippen LogP contribution is 2.37. The van der Waals surface area contributed by atoms with Crippen LogP contribution in [0.25, 0.3) is 0 Å². The van der Waals surface area contributed by atoms with Crippen LogP contribution in [0.4, 0.5) is 5.69 Å². The molecule has 0 saturated carbocycles. The molecule has 1 aromatic rings. The van der Waals surface area contributed by atoms with Crippen molar-refractivity contribution in [1.29, 1.82) is 0 Å². The number of terminal acetylenes is 1. The fourth-order valence-corrected chi connectivity index (χ4v) is 3.11. The number of halogens is 1. The third-order valence-corrected chi connectivity index (χ3v) is 4.34. The number of ether oxygens (including phenoxy) is 2. The quantitative estimate of drug-likeness (QED) is 0.783. The molecule has 0 atom stereocenters. The number of nitrogens with zero attached hydrogens (tertiary/aromatic N) is 1. The zero-order valence-electron chi connectivity index (χ0n) is 16.0. The number of rotatable bonds is 4. The van der Waals surface area contributed by atoms with Crippen LogP contribution in [0.3, 0.4) is 0 Å². The minimum absolute atomic E-state index is 0. The summed E-state index contributed by atoms with van der Waals surface area (Å²) >= 11 is 6.29. The lowest BCUT2D eigenvalue weighted by atomic mass is 9.87. The molecule has 0 bridgehead atoms. The SMILES string of the molecule is C#CC(=O)N(c1ccc(OC(C)(C)C)c(Cl)c1)C1(C(=O)[O-])CCOCC1.[NH4+]. The summed E-state index contributed by atoms with van der Waals surface area (Å²) in [7, 11) is 0. The first-order valence-corrected chi connectivity index (χ1v) is 8.57. The fraction of sp³-hybridized carbons (Fsp3) is 0.474. The van der Waals surface area contributed by atoms with Crippen molar-refractivity contribution in [1.82, 2.24) is 6.15 Å². The van der Waals surface area contributed by atoms with Crippen molar-refractivity contribution in [2.45, 2.75) is 44.8 Å². The molecule has 1 fully saturated rings. The summed E-state index contributed by atoms with van der Waals surface area (Å²) in [5.41, 5.74) is -1.78. The number of carboxylic acid groups (broad SMARTS) is 1. The van der Waals surface area contributed by atoms with Crippen LogP contribution < -0.4 is 20.9 Å². The fourth-order valence-electron chi connectivity index (χ4n) is 2.89. The average molecular weight is 397 g/mol. The number of hydrogen-bond donors (Lipinski definition) is 1. The molecule has 0 spiro atoms.